The molecule has 0 saturated carbocycles. The van der Waals surface area contributed by atoms with Crippen molar-refractivity contribution in [2.45, 2.75) is 26.6 Å². The highest BCUT2D eigenvalue weighted by Crippen LogP contribution is 2.27. The lowest BCUT2D eigenvalue weighted by Gasteiger charge is -2.07. The van der Waals surface area contributed by atoms with E-state index in [0.717, 1.165) is 10.7 Å². The molecule has 1 aromatic carbocycles. The van der Waals surface area contributed by atoms with Crippen LogP contribution in [-0.2, 0) is 12.7 Å². The van der Waals surface area contributed by atoms with E-state index in [0.29, 0.717) is 0 Å². The summed E-state index contributed by atoms with van der Waals surface area (Å²) in [6.07, 6.45) is -4.71. The van der Waals surface area contributed by atoms with Crippen molar-refractivity contribution in [2.75, 3.05) is 0 Å². The van der Waals surface area contributed by atoms with Crippen molar-refractivity contribution < 1.29 is 22.5 Å². The molecule has 6 nitrogen and oxygen atoms in total. The fourth-order valence-corrected chi connectivity index (χ4v) is 1.88. The maximum atomic E-state index is 13.4. The molecule has 0 radical (unpaired) electrons. The van der Waals surface area contributed by atoms with Gasteiger partial charge in [-0.2, -0.15) is 13.2 Å². The van der Waals surface area contributed by atoms with Crippen molar-refractivity contribution in [3.8, 4) is 0 Å². The second-order valence-electron chi connectivity index (χ2n) is 4.63. The third-order valence-electron chi connectivity index (χ3n) is 2.99. The number of benzene rings is 1. The van der Waals surface area contributed by atoms with Crippen molar-refractivity contribution in [1.29, 1.82) is 0 Å². The second-order valence-corrected chi connectivity index (χ2v) is 4.63. The Labute approximate surface area is 121 Å². The van der Waals surface area contributed by atoms with Gasteiger partial charge in [0.15, 0.2) is 0 Å². The van der Waals surface area contributed by atoms with E-state index in [4.69, 9.17) is 0 Å². The summed E-state index contributed by atoms with van der Waals surface area (Å²) < 4.78 is 51.9. The van der Waals surface area contributed by atoms with E-state index in [-0.39, 0.29) is 23.5 Å². The predicted octanol–water partition coefficient (Wildman–Crippen LogP) is 3.01. The Kier molecular flexibility index (Phi) is 3.86. The molecule has 0 bridgehead atoms. The van der Waals surface area contributed by atoms with Crippen LogP contribution >= 0.6 is 0 Å². The molecule has 0 aliphatic rings. The smallest absolute Gasteiger partial charge is 0.258 e. The SMILES string of the molecule is Cc1cc(Cn2nc(C(F)(F)F)nc2C)c([N+](=O)[O-])cc1F. The standard InChI is InChI=1S/C12H10F4N4O2/c1-6-3-8(10(20(21)22)4-9(6)13)5-19-7(2)17-11(18-19)12(14,15)16/h3-4H,5H2,1-2H3. The number of aryl methyl sites for hydroxylation is 2. The fourth-order valence-electron chi connectivity index (χ4n) is 1.88. The molecular weight excluding hydrogens is 308 g/mol. The van der Waals surface area contributed by atoms with Gasteiger partial charge in [-0.3, -0.25) is 10.1 Å². The summed E-state index contributed by atoms with van der Waals surface area (Å²) in [4.78, 5) is 13.4. The molecule has 0 unspecified atom stereocenters. The van der Waals surface area contributed by atoms with Crippen LogP contribution in [-0.4, -0.2) is 19.7 Å². The average molecular weight is 318 g/mol. The molecule has 118 valence electrons. The van der Waals surface area contributed by atoms with Crippen LogP contribution in [0.25, 0.3) is 0 Å². The summed E-state index contributed by atoms with van der Waals surface area (Å²) in [5.74, 6) is -2.14. The van der Waals surface area contributed by atoms with Gasteiger partial charge >= 0.3 is 6.18 Å². The summed E-state index contributed by atoms with van der Waals surface area (Å²) in [6, 6.07) is 1.95. The molecular formula is C12H10F4N4O2. The lowest BCUT2D eigenvalue weighted by atomic mass is 10.1. The number of aromatic nitrogens is 3. The first-order chi connectivity index (χ1) is 10.1. The van der Waals surface area contributed by atoms with Crippen LogP contribution in [0.3, 0.4) is 0 Å². The second kappa shape index (κ2) is 5.35. The van der Waals surface area contributed by atoms with E-state index in [2.05, 4.69) is 10.1 Å². The summed E-state index contributed by atoms with van der Waals surface area (Å²) in [7, 11) is 0. The number of hydrogen-bond acceptors (Lipinski definition) is 4. The Morgan fingerprint density at radius 2 is 1.95 bits per heavy atom. The topological polar surface area (TPSA) is 73.8 Å². The van der Waals surface area contributed by atoms with Gasteiger partial charge in [0.2, 0.25) is 0 Å². The number of hydrogen-bond donors (Lipinski definition) is 0. The van der Waals surface area contributed by atoms with Gasteiger partial charge in [-0.25, -0.2) is 14.1 Å². The molecule has 0 spiro atoms. The van der Waals surface area contributed by atoms with Crippen molar-refractivity contribution in [3.63, 3.8) is 0 Å². The Bertz CT molecular complexity index is 739. The molecule has 22 heavy (non-hydrogen) atoms. The summed E-state index contributed by atoms with van der Waals surface area (Å²) in [6.45, 7) is 2.38. The van der Waals surface area contributed by atoms with Gasteiger partial charge in [0.05, 0.1) is 23.1 Å². The quantitative estimate of drug-likeness (QED) is 0.495. The zero-order valence-electron chi connectivity index (χ0n) is 11.5. The summed E-state index contributed by atoms with van der Waals surface area (Å²) in [5, 5.41) is 14.2. The highest BCUT2D eigenvalue weighted by Gasteiger charge is 2.36. The van der Waals surface area contributed by atoms with Crippen molar-refractivity contribution in [3.05, 3.63) is 50.8 Å². The van der Waals surface area contributed by atoms with Crippen LogP contribution in [0.4, 0.5) is 23.2 Å². The molecule has 2 rings (SSSR count). The first-order valence-electron chi connectivity index (χ1n) is 6.01. The molecule has 0 N–H and O–H groups in total. The van der Waals surface area contributed by atoms with Gasteiger partial charge in [0, 0.05) is 0 Å². The maximum absolute atomic E-state index is 13.4. The minimum absolute atomic E-state index is 0.0469. The average Bonchev–Trinajstić information content (AvgIpc) is 2.75. The zero-order chi connectivity index (χ0) is 16.7. The molecule has 0 saturated heterocycles. The Balaban J connectivity index is 2.45. The van der Waals surface area contributed by atoms with Gasteiger partial charge in [-0.05, 0) is 25.5 Å². The largest absolute Gasteiger partial charge is 0.453 e. The van der Waals surface area contributed by atoms with E-state index in [1.807, 2.05) is 0 Å². The molecule has 1 heterocycles. The zero-order valence-corrected chi connectivity index (χ0v) is 11.5. The number of rotatable bonds is 3. The van der Waals surface area contributed by atoms with E-state index in [1.165, 1.54) is 19.9 Å². The minimum atomic E-state index is -4.71. The first kappa shape index (κ1) is 15.9. The van der Waals surface area contributed by atoms with Crippen LogP contribution < -0.4 is 0 Å². The molecule has 0 aliphatic heterocycles. The van der Waals surface area contributed by atoms with Crippen molar-refractivity contribution >= 4 is 5.69 Å². The van der Waals surface area contributed by atoms with E-state index < -0.39 is 28.4 Å². The van der Waals surface area contributed by atoms with Crippen LogP contribution in [0.5, 0.6) is 0 Å². The molecule has 1 aromatic heterocycles. The highest BCUT2D eigenvalue weighted by atomic mass is 19.4. The lowest BCUT2D eigenvalue weighted by molar-refractivity contribution is -0.385. The monoisotopic (exact) mass is 318 g/mol. The fraction of sp³-hybridized carbons (Fsp3) is 0.333. The number of nitrogens with zero attached hydrogens (tertiary/aromatic N) is 4. The lowest BCUT2D eigenvalue weighted by Crippen LogP contribution is -2.10. The van der Waals surface area contributed by atoms with E-state index in [1.54, 1.807) is 0 Å². The summed E-state index contributed by atoms with van der Waals surface area (Å²) >= 11 is 0. The molecule has 0 amide bonds. The molecule has 0 fully saturated rings. The van der Waals surface area contributed by atoms with Gasteiger partial charge in [0.1, 0.15) is 11.6 Å². The molecule has 0 atom stereocenters. The van der Waals surface area contributed by atoms with Gasteiger partial charge < -0.3 is 0 Å². The predicted molar refractivity (Wildman–Crippen MR) is 66.7 cm³/mol. The molecule has 10 heteroatoms. The van der Waals surface area contributed by atoms with Crippen molar-refractivity contribution in [1.82, 2.24) is 14.8 Å². The third kappa shape index (κ3) is 3.05. The Morgan fingerprint density at radius 1 is 1.32 bits per heavy atom. The minimum Gasteiger partial charge on any atom is -0.258 e. The van der Waals surface area contributed by atoms with Crippen LogP contribution in [0.1, 0.15) is 22.8 Å². The van der Waals surface area contributed by atoms with Crippen LogP contribution in [0.2, 0.25) is 0 Å². The van der Waals surface area contributed by atoms with Gasteiger partial charge in [0.25, 0.3) is 11.5 Å². The first-order valence-corrected chi connectivity index (χ1v) is 6.01. The van der Waals surface area contributed by atoms with Crippen molar-refractivity contribution in [2.24, 2.45) is 0 Å². The van der Waals surface area contributed by atoms with Crippen LogP contribution in [0.15, 0.2) is 12.1 Å². The Morgan fingerprint density at radius 3 is 2.45 bits per heavy atom. The van der Waals surface area contributed by atoms with Crippen LogP contribution in [0, 0.1) is 29.8 Å². The summed E-state index contributed by atoms with van der Waals surface area (Å²) in [5.41, 5.74) is -0.327. The number of nitro groups is 1. The van der Waals surface area contributed by atoms with Gasteiger partial charge in [-0.15, -0.1) is 5.10 Å². The third-order valence-corrected chi connectivity index (χ3v) is 2.99. The highest BCUT2D eigenvalue weighted by molar-refractivity contribution is 5.43. The number of alkyl halides is 3. The molecule has 2 aromatic rings. The number of halogens is 4. The van der Waals surface area contributed by atoms with E-state index >= 15 is 0 Å². The molecule has 0 aliphatic carbocycles. The van der Waals surface area contributed by atoms with E-state index in [9.17, 15) is 27.7 Å². The maximum Gasteiger partial charge on any atom is 0.453 e. The van der Waals surface area contributed by atoms with Gasteiger partial charge in [-0.1, -0.05) is 0 Å². The Hall–Kier alpha value is -2.52. The normalized spacial score (nSPS) is 11.7. The number of nitro benzene ring substituents is 1.